The Bertz CT molecular complexity index is 140. The van der Waals surface area contributed by atoms with Crippen LogP contribution in [-0.4, -0.2) is 32.0 Å². The van der Waals surface area contributed by atoms with Crippen molar-refractivity contribution in [1.82, 2.24) is 5.32 Å². The molecule has 0 aliphatic carbocycles. The quantitative estimate of drug-likeness (QED) is 0.655. The molecule has 0 heterocycles. The van der Waals surface area contributed by atoms with Crippen molar-refractivity contribution >= 4 is 6.09 Å². The summed E-state index contributed by atoms with van der Waals surface area (Å²) < 4.78 is 9.73. The van der Waals surface area contributed by atoms with E-state index in [1.807, 2.05) is 20.8 Å². The van der Waals surface area contributed by atoms with Gasteiger partial charge in [-0.15, -0.1) is 0 Å². The number of amides is 1. The van der Waals surface area contributed by atoms with E-state index in [1.165, 1.54) is 0 Å². The largest absolute Gasteiger partial charge is 0.444 e. The third-order valence-corrected chi connectivity index (χ3v) is 0.974. The molecule has 1 N–H and O–H groups in total. The topological polar surface area (TPSA) is 47.6 Å². The van der Waals surface area contributed by atoms with Gasteiger partial charge in [-0.2, -0.15) is 0 Å². The molecule has 0 radical (unpaired) electrons. The molecule has 4 heteroatoms. The summed E-state index contributed by atoms with van der Waals surface area (Å²) >= 11 is 0. The summed E-state index contributed by atoms with van der Waals surface area (Å²) in [6, 6.07) is 0. The molecule has 0 rings (SSSR count). The van der Waals surface area contributed by atoms with Gasteiger partial charge in [0, 0.05) is 13.7 Å². The lowest BCUT2D eigenvalue weighted by Gasteiger charge is -2.19. The zero-order valence-corrected chi connectivity index (χ0v) is 8.14. The van der Waals surface area contributed by atoms with Crippen LogP contribution in [0.1, 0.15) is 20.8 Å². The van der Waals surface area contributed by atoms with Gasteiger partial charge in [-0.05, 0) is 20.8 Å². The van der Waals surface area contributed by atoms with Crippen molar-refractivity contribution in [1.29, 1.82) is 0 Å². The van der Waals surface area contributed by atoms with Crippen molar-refractivity contribution in [2.45, 2.75) is 26.4 Å². The molecule has 1 amide bonds. The lowest BCUT2D eigenvalue weighted by Crippen LogP contribution is -2.34. The predicted molar refractivity (Wildman–Crippen MR) is 46.1 cm³/mol. The van der Waals surface area contributed by atoms with Gasteiger partial charge in [0.15, 0.2) is 0 Å². The lowest BCUT2D eigenvalue weighted by atomic mass is 10.2. The Morgan fingerprint density at radius 1 is 1.42 bits per heavy atom. The highest BCUT2D eigenvalue weighted by atomic mass is 16.6. The average Bonchev–Trinajstić information content (AvgIpc) is 1.84. The van der Waals surface area contributed by atoms with Crippen molar-refractivity contribution in [3.8, 4) is 0 Å². The van der Waals surface area contributed by atoms with Gasteiger partial charge < -0.3 is 14.8 Å². The number of hydrogen-bond acceptors (Lipinski definition) is 3. The molecule has 12 heavy (non-hydrogen) atoms. The minimum Gasteiger partial charge on any atom is -0.444 e. The van der Waals surface area contributed by atoms with Gasteiger partial charge in [-0.3, -0.25) is 0 Å². The van der Waals surface area contributed by atoms with Crippen LogP contribution in [0.4, 0.5) is 4.79 Å². The van der Waals surface area contributed by atoms with Crippen molar-refractivity contribution in [2.24, 2.45) is 0 Å². The Hall–Kier alpha value is -0.770. The van der Waals surface area contributed by atoms with E-state index in [0.717, 1.165) is 0 Å². The molecule has 0 fully saturated rings. The minimum atomic E-state index is -0.433. The van der Waals surface area contributed by atoms with Gasteiger partial charge >= 0.3 is 6.09 Å². The Morgan fingerprint density at radius 2 is 2.00 bits per heavy atom. The van der Waals surface area contributed by atoms with Crippen LogP contribution >= 0.6 is 0 Å². The van der Waals surface area contributed by atoms with Gasteiger partial charge in [0.05, 0.1) is 6.61 Å². The van der Waals surface area contributed by atoms with Gasteiger partial charge in [0.25, 0.3) is 0 Å². The Kier molecular flexibility index (Phi) is 4.66. The second kappa shape index (κ2) is 4.98. The Morgan fingerprint density at radius 3 is 2.42 bits per heavy atom. The molecule has 0 bridgehead atoms. The third kappa shape index (κ3) is 7.34. The van der Waals surface area contributed by atoms with E-state index in [0.29, 0.717) is 13.2 Å². The molecule has 0 aromatic carbocycles. The molecular weight excluding hydrogens is 158 g/mol. The van der Waals surface area contributed by atoms with E-state index in [2.05, 4.69) is 5.32 Å². The van der Waals surface area contributed by atoms with Gasteiger partial charge in [-0.25, -0.2) is 4.79 Å². The molecule has 0 aromatic heterocycles. The molecule has 4 nitrogen and oxygen atoms in total. The standard InChI is InChI=1S/C8H17NO3/c1-8(2,3)12-7(10)9-5-6-11-4/h5-6H2,1-4H3,(H,9,10). The fraction of sp³-hybridized carbons (Fsp3) is 0.875. The van der Waals surface area contributed by atoms with Crippen molar-refractivity contribution in [3.05, 3.63) is 0 Å². The van der Waals surface area contributed by atoms with E-state index in [1.54, 1.807) is 7.11 Å². The van der Waals surface area contributed by atoms with Crippen LogP contribution in [0.3, 0.4) is 0 Å². The van der Waals surface area contributed by atoms with Crippen LogP contribution in [0.5, 0.6) is 0 Å². The van der Waals surface area contributed by atoms with E-state index in [9.17, 15) is 4.79 Å². The van der Waals surface area contributed by atoms with Crippen LogP contribution in [0.25, 0.3) is 0 Å². The number of methoxy groups -OCH3 is 1. The molecule has 0 unspecified atom stereocenters. The zero-order valence-electron chi connectivity index (χ0n) is 8.14. The number of rotatable bonds is 3. The first-order valence-electron chi connectivity index (χ1n) is 3.91. The van der Waals surface area contributed by atoms with Gasteiger partial charge in [-0.1, -0.05) is 0 Å². The molecule has 0 aliphatic rings. The number of carbonyl (C=O) groups excluding carboxylic acids is 1. The number of nitrogens with one attached hydrogen (secondary N) is 1. The van der Waals surface area contributed by atoms with Crippen LogP contribution in [0.2, 0.25) is 0 Å². The smallest absolute Gasteiger partial charge is 0.407 e. The summed E-state index contributed by atoms with van der Waals surface area (Å²) in [5.41, 5.74) is -0.433. The fourth-order valence-corrected chi connectivity index (χ4v) is 0.569. The second-order valence-corrected chi connectivity index (χ2v) is 3.42. The summed E-state index contributed by atoms with van der Waals surface area (Å²) in [5, 5.41) is 2.55. The molecule has 0 aromatic rings. The Balaban J connectivity index is 3.47. The number of ether oxygens (including phenoxy) is 2. The maximum atomic E-state index is 10.9. The third-order valence-electron chi connectivity index (χ3n) is 0.974. The van der Waals surface area contributed by atoms with Crippen molar-refractivity contribution < 1.29 is 14.3 Å². The van der Waals surface area contributed by atoms with Crippen LogP contribution in [0, 0.1) is 0 Å². The van der Waals surface area contributed by atoms with E-state index >= 15 is 0 Å². The minimum absolute atomic E-state index is 0.403. The Labute approximate surface area is 73.2 Å². The monoisotopic (exact) mass is 175 g/mol. The first-order chi connectivity index (χ1) is 5.45. The first-order valence-corrected chi connectivity index (χ1v) is 3.91. The van der Waals surface area contributed by atoms with E-state index in [-0.39, 0.29) is 0 Å². The zero-order chi connectivity index (χ0) is 9.61. The summed E-state index contributed by atoms with van der Waals surface area (Å²) in [7, 11) is 1.58. The molecule has 72 valence electrons. The summed E-state index contributed by atoms with van der Waals surface area (Å²) in [5.74, 6) is 0. The molecule has 0 saturated heterocycles. The normalized spacial score (nSPS) is 11.0. The molecular formula is C8H17NO3. The average molecular weight is 175 g/mol. The number of hydrogen-bond donors (Lipinski definition) is 1. The number of carbonyl (C=O) groups is 1. The number of alkyl carbamates (subject to hydrolysis) is 1. The van der Waals surface area contributed by atoms with E-state index in [4.69, 9.17) is 9.47 Å². The highest BCUT2D eigenvalue weighted by molar-refractivity contribution is 5.67. The van der Waals surface area contributed by atoms with Crippen LogP contribution in [-0.2, 0) is 9.47 Å². The summed E-state index contributed by atoms with van der Waals surface area (Å²) in [6.45, 7) is 6.44. The highest BCUT2D eigenvalue weighted by Gasteiger charge is 2.15. The molecule has 0 saturated carbocycles. The first kappa shape index (κ1) is 11.2. The highest BCUT2D eigenvalue weighted by Crippen LogP contribution is 2.05. The SMILES string of the molecule is COCCNC(=O)OC(C)(C)C. The van der Waals surface area contributed by atoms with Gasteiger partial charge in [0.2, 0.25) is 0 Å². The summed E-state index contributed by atoms with van der Waals surface area (Å²) in [4.78, 5) is 10.9. The maximum absolute atomic E-state index is 10.9. The maximum Gasteiger partial charge on any atom is 0.407 e. The van der Waals surface area contributed by atoms with Gasteiger partial charge in [0.1, 0.15) is 5.60 Å². The molecule has 0 aliphatic heterocycles. The lowest BCUT2D eigenvalue weighted by molar-refractivity contribution is 0.0511. The van der Waals surface area contributed by atoms with Crippen molar-refractivity contribution in [2.75, 3.05) is 20.3 Å². The summed E-state index contributed by atoms with van der Waals surface area (Å²) in [6.07, 6.45) is -0.403. The van der Waals surface area contributed by atoms with Crippen molar-refractivity contribution in [3.63, 3.8) is 0 Å². The fourth-order valence-electron chi connectivity index (χ4n) is 0.569. The second-order valence-electron chi connectivity index (χ2n) is 3.42. The van der Waals surface area contributed by atoms with Crippen LogP contribution < -0.4 is 5.32 Å². The van der Waals surface area contributed by atoms with Crippen LogP contribution in [0.15, 0.2) is 0 Å². The predicted octanol–water partition coefficient (Wildman–Crippen LogP) is 1.16. The van der Waals surface area contributed by atoms with E-state index < -0.39 is 11.7 Å². The molecule has 0 atom stereocenters. The molecule has 0 spiro atoms.